The Morgan fingerprint density at radius 3 is 2.83 bits per heavy atom. The van der Waals surface area contributed by atoms with E-state index in [1.807, 2.05) is 0 Å². The van der Waals surface area contributed by atoms with Crippen LogP contribution in [0.2, 0.25) is 0 Å². The van der Waals surface area contributed by atoms with Crippen LogP contribution in [0.15, 0.2) is 24.3 Å². The van der Waals surface area contributed by atoms with Crippen LogP contribution in [-0.2, 0) is 6.54 Å². The molecule has 1 aromatic carbocycles. The lowest BCUT2D eigenvalue weighted by molar-refractivity contribution is 0.656. The van der Waals surface area contributed by atoms with Crippen LogP contribution in [-0.4, -0.2) is 18.1 Å². The van der Waals surface area contributed by atoms with E-state index in [0.717, 1.165) is 26.1 Å². The highest BCUT2D eigenvalue weighted by molar-refractivity contribution is 5.81. The minimum Gasteiger partial charge on any atom is -0.358 e. The van der Waals surface area contributed by atoms with Crippen LogP contribution in [0.25, 0.3) is 10.9 Å². The molecule has 0 aliphatic carbocycles. The Bertz CT molecular complexity index is 499. The molecule has 1 heterocycles. The number of nitrogens with one attached hydrogen (secondary N) is 2. The first-order valence-corrected chi connectivity index (χ1v) is 6.73. The Morgan fingerprint density at radius 1 is 1.28 bits per heavy atom. The van der Waals surface area contributed by atoms with Gasteiger partial charge in [0, 0.05) is 17.8 Å². The molecule has 2 rings (SSSR count). The molecule has 0 amide bonds. The summed E-state index contributed by atoms with van der Waals surface area (Å²) in [6.07, 6.45) is 1.03. The van der Waals surface area contributed by atoms with Crippen molar-refractivity contribution in [1.29, 1.82) is 0 Å². The third kappa shape index (κ3) is 3.12. The Labute approximate surface area is 109 Å². The number of rotatable bonds is 6. The highest BCUT2D eigenvalue weighted by Gasteiger charge is 2.04. The van der Waals surface area contributed by atoms with Crippen LogP contribution in [0.1, 0.15) is 37.4 Å². The number of aromatic amines is 1. The van der Waals surface area contributed by atoms with Gasteiger partial charge in [0.15, 0.2) is 0 Å². The molecule has 18 heavy (non-hydrogen) atoms. The number of hydrogen-bond acceptors (Lipinski definition) is 2. The molecular weight excluding hydrogens is 222 g/mol. The monoisotopic (exact) mass is 245 g/mol. The van der Waals surface area contributed by atoms with Gasteiger partial charge in [0.05, 0.1) is 0 Å². The summed E-state index contributed by atoms with van der Waals surface area (Å²) in [7, 11) is 0. The molecule has 3 nitrogen and oxygen atoms in total. The van der Waals surface area contributed by atoms with Crippen LogP contribution >= 0.6 is 0 Å². The fourth-order valence-electron chi connectivity index (χ4n) is 2.08. The number of hydrogen-bond donors (Lipinski definition) is 3. The largest absolute Gasteiger partial charge is 0.358 e. The molecule has 0 bridgehead atoms. The van der Waals surface area contributed by atoms with Gasteiger partial charge in [-0.15, -0.1) is 0 Å². The summed E-state index contributed by atoms with van der Waals surface area (Å²) in [6, 6.07) is 8.86. The van der Waals surface area contributed by atoms with E-state index in [4.69, 9.17) is 5.73 Å². The van der Waals surface area contributed by atoms with Gasteiger partial charge in [0.25, 0.3) is 0 Å². The molecule has 0 aliphatic heterocycles. The minimum absolute atomic E-state index is 0.545. The van der Waals surface area contributed by atoms with Gasteiger partial charge < -0.3 is 16.0 Å². The number of fused-ring (bicyclic) bond motifs is 1. The maximum atomic E-state index is 5.47. The number of H-pyrrole nitrogens is 1. The van der Waals surface area contributed by atoms with E-state index in [2.05, 4.69) is 48.4 Å². The summed E-state index contributed by atoms with van der Waals surface area (Å²) in [5, 5.41) is 4.70. The second-order valence-corrected chi connectivity index (χ2v) is 5.12. The SMILES string of the molecule is CC(C)c1cc2ccc(CNCCCN)cc2[nH]1. The van der Waals surface area contributed by atoms with Gasteiger partial charge in [-0.05, 0) is 48.5 Å². The molecule has 0 atom stereocenters. The molecule has 4 N–H and O–H groups in total. The van der Waals surface area contributed by atoms with E-state index in [0.29, 0.717) is 5.92 Å². The van der Waals surface area contributed by atoms with Gasteiger partial charge in [0.1, 0.15) is 0 Å². The first-order chi connectivity index (χ1) is 8.70. The molecule has 0 aliphatic rings. The highest BCUT2D eigenvalue weighted by atomic mass is 14.8. The third-order valence-corrected chi connectivity index (χ3v) is 3.22. The van der Waals surface area contributed by atoms with E-state index < -0.39 is 0 Å². The van der Waals surface area contributed by atoms with E-state index >= 15 is 0 Å². The first-order valence-electron chi connectivity index (χ1n) is 6.73. The fourth-order valence-corrected chi connectivity index (χ4v) is 2.08. The number of benzene rings is 1. The molecule has 2 aromatic rings. The summed E-state index contributed by atoms with van der Waals surface area (Å²) in [5.74, 6) is 0.545. The molecule has 3 heteroatoms. The zero-order valence-corrected chi connectivity index (χ0v) is 11.3. The number of aromatic nitrogens is 1. The van der Waals surface area contributed by atoms with Crippen LogP contribution < -0.4 is 11.1 Å². The van der Waals surface area contributed by atoms with Crippen molar-refractivity contribution in [3.05, 3.63) is 35.5 Å². The minimum atomic E-state index is 0.545. The second-order valence-electron chi connectivity index (χ2n) is 5.12. The van der Waals surface area contributed by atoms with Gasteiger partial charge in [-0.1, -0.05) is 26.0 Å². The van der Waals surface area contributed by atoms with Gasteiger partial charge in [0.2, 0.25) is 0 Å². The third-order valence-electron chi connectivity index (χ3n) is 3.22. The van der Waals surface area contributed by atoms with Crippen molar-refractivity contribution in [2.24, 2.45) is 5.73 Å². The van der Waals surface area contributed by atoms with Gasteiger partial charge in [-0.25, -0.2) is 0 Å². The Hall–Kier alpha value is -1.32. The van der Waals surface area contributed by atoms with Gasteiger partial charge in [-0.3, -0.25) is 0 Å². The molecule has 0 unspecified atom stereocenters. The number of nitrogens with two attached hydrogens (primary N) is 1. The smallest absolute Gasteiger partial charge is 0.0459 e. The Morgan fingerprint density at radius 2 is 2.11 bits per heavy atom. The molecule has 0 radical (unpaired) electrons. The normalized spacial score (nSPS) is 11.6. The lowest BCUT2D eigenvalue weighted by Gasteiger charge is -2.04. The zero-order valence-electron chi connectivity index (χ0n) is 11.3. The molecule has 98 valence electrons. The van der Waals surface area contributed by atoms with Crippen molar-refractivity contribution in [1.82, 2.24) is 10.3 Å². The lowest BCUT2D eigenvalue weighted by Crippen LogP contribution is -2.17. The lowest BCUT2D eigenvalue weighted by atomic mass is 10.1. The van der Waals surface area contributed by atoms with Crippen LogP contribution in [0.4, 0.5) is 0 Å². The maximum absolute atomic E-state index is 5.47. The molecule has 0 fully saturated rings. The van der Waals surface area contributed by atoms with Crippen molar-refractivity contribution in [2.45, 2.75) is 32.7 Å². The van der Waals surface area contributed by atoms with Crippen LogP contribution in [0.5, 0.6) is 0 Å². The van der Waals surface area contributed by atoms with Gasteiger partial charge in [-0.2, -0.15) is 0 Å². The van der Waals surface area contributed by atoms with Crippen molar-refractivity contribution in [2.75, 3.05) is 13.1 Å². The van der Waals surface area contributed by atoms with E-state index in [1.165, 1.54) is 22.2 Å². The molecular formula is C15H23N3. The standard InChI is InChI=1S/C15H23N3/c1-11(2)14-9-13-5-4-12(8-15(13)18-14)10-17-7-3-6-16/h4-5,8-9,11,17-18H,3,6-7,10,16H2,1-2H3. The van der Waals surface area contributed by atoms with E-state index in [1.54, 1.807) is 0 Å². The summed E-state index contributed by atoms with van der Waals surface area (Å²) in [4.78, 5) is 3.49. The van der Waals surface area contributed by atoms with Crippen LogP contribution in [0, 0.1) is 0 Å². The van der Waals surface area contributed by atoms with E-state index in [-0.39, 0.29) is 0 Å². The average molecular weight is 245 g/mol. The quantitative estimate of drug-likeness (QED) is 0.685. The predicted octanol–water partition coefficient (Wildman–Crippen LogP) is 2.73. The summed E-state index contributed by atoms with van der Waals surface area (Å²) >= 11 is 0. The fraction of sp³-hybridized carbons (Fsp3) is 0.467. The average Bonchev–Trinajstić information content (AvgIpc) is 2.78. The molecule has 0 spiro atoms. The highest BCUT2D eigenvalue weighted by Crippen LogP contribution is 2.21. The second kappa shape index (κ2) is 6.03. The van der Waals surface area contributed by atoms with Crippen molar-refractivity contribution in [3.8, 4) is 0 Å². The van der Waals surface area contributed by atoms with Crippen LogP contribution in [0.3, 0.4) is 0 Å². The van der Waals surface area contributed by atoms with E-state index in [9.17, 15) is 0 Å². The van der Waals surface area contributed by atoms with Gasteiger partial charge >= 0.3 is 0 Å². The molecule has 0 saturated carbocycles. The summed E-state index contributed by atoms with van der Waals surface area (Å²) in [6.45, 7) is 7.06. The molecule has 1 aromatic heterocycles. The topological polar surface area (TPSA) is 53.8 Å². The Balaban J connectivity index is 2.07. The Kier molecular flexibility index (Phi) is 4.39. The predicted molar refractivity (Wildman–Crippen MR) is 77.8 cm³/mol. The summed E-state index contributed by atoms with van der Waals surface area (Å²) in [5.41, 5.74) is 9.32. The maximum Gasteiger partial charge on any atom is 0.0459 e. The first kappa shape index (κ1) is 13.1. The van der Waals surface area contributed by atoms with Crippen molar-refractivity contribution in [3.63, 3.8) is 0 Å². The zero-order chi connectivity index (χ0) is 13.0. The molecule has 0 saturated heterocycles. The summed E-state index contributed by atoms with van der Waals surface area (Å²) < 4.78 is 0. The van der Waals surface area contributed by atoms with Crippen molar-refractivity contribution >= 4 is 10.9 Å². The van der Waals surface area contributed by atoms with Crippen molar-refractivity contribution < 1.29 is 0 Å².